The molecule has 0 unspecified atom stereocenters. The van der Waals surface area contributed by atoms with Crippen LogP contribution in [-0.2, 0) is 9.59 Å². The number of aromatic nitrogens is 1. The number of hydrogen-bond donors (Lipinski definition) is 2. The number of anilines is 1. The maximum absolute atomic E-state index is 12.6. The van der Waals surface area contributed by atoms with Gasteiger partial charge >= 0.3 is 5.97 Å². The number of hydrogen-bond acceptors (Lipinski definition) is 5. The molecule has 4 rings (SSSR count). The molecule has 120 valence electrons. The molecule has 0 aromatic carbocycles. The Morgan fingerprint density at radius 2 is 2.00 bits per heavy atom. The van der Waals surface area contributed by atoms with Gasteiger partial charge in [-0.15, -0.1) is 22.7 Å². The maximum Gasteiger partial charge on any atom is 0.307 e. The van der Waals surface area contributed by atoms with E-state index in [0.717, 1.165) is 29.8 Å². The Morgan fingerprint density at radius 1 is 1.22 bits per heavy atom. The summed E-state index contributed by atoms with van der Waals surface area (Å²) >= 11 is 2.98. The van der Waals surface area contributed by atoms with Gasteiger partial charge in [0.2, 0.25) is 5.91 Å². The van der Waals surface area contributed by atoms with E-state index in [4.69, 9.17) is 0 Å². The standard InChI is InChI=1S/C16H16N2O3S2/c19-14(12-8-3-4-9(6-8)13(12)15(20)21)18-16-17-10(7-23-16)11-2-1-5-22-11/h1-2,5,7-9,12-13H,3-4,6H2,(H,20,21)(H,17,18,19)/t8-,9+,12+,13+/m1/s1. The number of carbonyl (C=O) groups excluding carboxylic acids is 1. The summed E-state index contributed by atoms with van der Waals surface area (Å²) in [5.74, 6) is -1.61. The first-order valence-electron chi connectivity index (χ1n) is 7.66. The smallest absolute Gasteiger partial charge is 0.307 e. The number of rotatable bonds is 4. The van der Waals surface area contributed by atoms with Gasteiger partial charge < -0.3 is 10.4 Å². The number of carboxylic acid groups (broad SMARTS) is 1. The lowest BCUT2D eigenvalue weighted by atomic mass is 9.79. The van der Waals surface area contributed by atoms with Gasteiger partial charge in [-0.3, -0.25) is 9.59 Å². The minimum Gasteiger partial charge on any atom is -0.481 e. The van der Waals surface area contributed by atoms with Crippen molar-refractivity contribution in [2.45, 2.75) is 19.3 Å². The molecule has 0 radical (unpaired) electrons. The van der Waals surface area contributed by atoms with Crippen LogP contribution in [0.15, 0.2) is 22.9 Å². The first-order valence-corrected chi connectivity index (χ1v) is 9.42. The first-order chi connectivity index (χ1) is 11.1. The fraction of sp³-hybridized carbons (Fsp3) is 0.438. The van der Waals surface area contributed by atoms with Crippen LogP contribution < -0.4 is 5.32 Å². The molecular formula is C16H16N2O3S2. The second-order valence-electron chi connectivity index (χ2n) is 6.23. The minimum atomic E-state index is -0.837. The van der Waals surface area contributed by atoms with Gasteiger partial charge in [0.25, 0.3) is 0 Å². The number of carbonyl (C=O) groups is 2. The van der Waals surface area contributed by atoms with Crippen molar-refractivity contribution >= 4 is 39.7 Å². The summed E-state index contributed by atoms with van der Waals surface area (Å²) in [5, 5.41) is 16.7. The molecule has 23 heavy (non-hydrogen) atoms. The van der Waals surface area contributed by atoms with Crippen molar-refractivity contribution < 1.29 is 14.7 Å². The summed E-state index contributed by atoms with van der Waals surface area (Å²) in [7, 11) is 0. The van der Waals surface area contributed by atoms with Crippen LogP contribution in [-0.4, -0.2) is 22.0 Å². The van der Waals surface area contributed by atoms with Crippen molar-refractivity contribution in [3.05, 3.63) is 22.9 Å². The predicted molar refractivity (Wildman–Crippen MR) is 89.5 cm³/mol. The fourth-order valence-corrected chi connectivity index (χ4v) is 5.56. The highest BCUT2D eigenvalue weighted by Crippen LogP contribution is 2.52. The lowest BCUT2D eigenvalue weighted by molar-refractivity contribution is -0.148. The molecule has 2 saturated carbocycles. The van der Waals surface area contributed by atoms with Gasteiger partial charge in [-0.1, -0.05) is 6.07 Å². The van der Waals surface area contributed by atoms with E-state index in [2.05, 4.69) is 10.3 Å². The van der Waals surface area contributed by atoms with Crippen molar-refractivity contribution in [3.63, 3.8) is 0 Å². The Balaban J connectivity index is 1.51. The number of nitrogens with one attached hydrogen (secondary N) is 1. The first kappa shape index (κ1) is 14.8. The molecular weight excluding hydrogens is 332 g/mol. The summed E-state index contributed by atoms with van der Waals surface area (Å²) in [6.07, 6.45) is 2.77. The number of thiophene rings is 1. The maximum atomic E-state index is 12.6. The van der Waals surface area contributed by atoms with Gasteiger partial charge in [0.05, 0.1) is 22.4 Å². The van der Waals surface area contributed by atoms with Gasteiger partial charge in [0.1, 0.15) is 0 Å². The number of aliphatic carboxylic acids is 1. The third-order valence-electron chi connectivity index (χ3n) is 5.01. The van der Waals surface area contributed by atoms with E-state index in [9.17, 15) is 14.7 Å². The van der Waals surface area contributed by atoms with Crippen molar-refractivity contribution in [3.8, 4) is 10.6 Å². The van der Waals surface area contributed by atoms with E-state index in [1.807, 2.05) is 22.9 Å². The van der Waals surface area contributed by atoms with E-state index >= 15 is 0 Å². The van der Waals surface area contributed by atoms with E-state index < -0.39 is 17.8 Å². The monoisotopic (exact) mass is 348 g/mol. The van der Waals surface area contributed by atoms with E-state index in [0.29, 0.717) is 5.13 Å². The summed E-state index contributed by atoms with van der Waals surface area (Å²) in [4.78, 5) is 29.6. The van der Waals surface area contributed by atoms with Gasteiger partial charge in [0, 0.05) is 5.38 Å². The van der Waals surface area contributed by atoms with Crippen LogP contribution in [0.25, 0.3) is 10.6 Å². The third-order valence-corrected chi connectivity index (χ3v) is 6.66. The Labute approximate surface area is 141 Å². The van der Waals surface area contributed by atoms with E-state index in [1.165, 1.54) is 11.3 Å². The quantitative estimate of drug-likeness (QED) is 0.885. The van der Waals surface area contributed by atoms with Crippen molar-refractivity contribution in [2.75, 3.05) is 5.32 Å². The van der Waals surface area contributed by atoms with Crippen LogP contribution in [0.3, 0.4) is 0 Å². The van der Waals surface area contributed by atoms with Gasteiger partial charge in [-0.05, 0) is 42.5 Å². The lowest BCUT2D eigenvalue weighted by Crippen LogP contribution is -2.37. The van der Waals surface area contributed by atoms with E-state index in [-0.39, 0.29) is 17.7 Å². The molecule has 0 saturated heterocycles. The van der Waals surface area contributed by atoms with E-state index in [1.54, 1.807) is 11.3 Å². The second kappa shape index (κ2) is 5.72. The van der Waals surface area contributed by atoms with Crippen LogP contribution in [0.5, 0.6) is 0 Å². The zero-order valence-electron chi connectivity index (χ0n) is 12.3. The zero-order valence-corrected chi connectivity index (χ0v) is 13.9. The molecule has 2 bridgehead atoms. The molecule has 0 aliphatic heterocycles. The average Bonchev–Trinajstić information content (AvgIpc) is 3.28. The summed E-state index contributed by atoms with van der Waals surface area (Å²) in [5.41, 5.74) is 0.850. The molecule has 2 N–H and O–H groups in total. The molecule has 2 fully saturated rings. The summed E-state index contributed by atoms with van der Waals surface area (Å²) < 4.78 is 0. The molecule has 2 aromatic rings. The molecule has 2 aromatic heterocycles. The van der Waals surface area contributed by atoms with Crippen LogP contribution in [0.4, 0.5) is 5.13 Å². The zero-order chi connectivity index (χ0) is 16.0. The number of nitrogens with zero attached hydrogens (tertiary/aromatic N) is 1. The Bertz CT molecular complexity index is 740. The highest BCUT2D eigenvalue weighted by atomic mass is 32.1. The number of thiazole rings is 1. The third kappa shape index (κ3) is 2.57. The predicted octanol–water partition coefficient (Wildman–Crippen LogP) is 3.56. The molecule has 2 heterocycles. The lowest BCUT2D eigenvalue weighted by Gasteiger charge is -2.26. The Morgan fingerprint density at radius 3 is 2.70 bits per heavy atom. The topological polar surface area (TPSA) is 79.3 Å². The summed E-state index contributed by atoms with van der Waals surface area (Å²) in [6.45, 7) is 0. The van der Waals surface area contributed by atoms with Crippen molar-refractivity contribution in [1.82, 2.24) is 4.98 Å². The molecule has 2 aliphatic carbocycles. The molecule has 0 spiro atoms. The van der Waals surface area contributed by atoms with Gasteiger partial charge in [-0.2, -0.15) is 0 Å². The number of fused-ring (bicyclic) bond motifs is 2. The van der Waals surface area contributed by atoms with Gasteiger partial charge in [0.15, 0.2) is 5.13 Å². The minimum absolute atomic E-state index is 0.159. The van der Waals surface area contributed by atoms with Crippen LogP contribution in [0.2, 0.25) is 0 Å². The number of carboxylic acids is 1. The largest absolute Gasteiger partial charge is 0.481 e. The highest BCUT2D eigenvalue weighted by Gasteiger charge is 2.54. The average molecular weight is 348 g/mol. The Hall–Kier alpha value is -1.73. The van der Waals surface area contributed by atoms with Crippen molar-refractivity contribution in [1.29, 1.82) is 0 Å². The molecule has 7 heteroatoms. The highest BCUT2D eigenvalue weighted by molar-refractivity contribution is 7.16. The molecule has 5 nitrogen and oxygen atoms in total. The second-order valence-corrected chi connectivity index (χ2v) is 8.03. The molecule has 4 atom stereocenters. The van der Waals surface area contributed by atoms with Gasteiger partial charge in [-0.25, -0.2) is 4.98 Å². The number of amides is 1. The van der Waals surface area contributed by atoms with Crippen molar-refractivity contribution in [2.24, 2.45) is 23.7 Å². The molecule has 2 aliphatic rings. The fourth-order valence-electron chi connectivity index (χ4n) is 4.08. The Kier molecular flexibility index (Phi) is 3.69. The summed E-state index contributed by atoms with van der Waals surface area (Å²) in [6, 6.07) is 3.95. The SMILES string of the molecule is O=C(O)[C@H]1[C@H]2CC[C@H](C2)[C@@H]1C(=O)Nc1nc(-c2cccs2)cs1. The van der Waals surface area contributed by atoms with Crippen LogP contribution >= 0.6 is 22.7 Å². The normalized spacial score (nSPS) is 28.9. The molecule has 1 amide bonds. The van der Waals surface area contributed by atoms with Crippen LogP contribution in [0.1, 0.15) is 19.3 Å². The van der Waals surface area contributed by atoms with Crippen LogP contribution in [0, 0.1) is 23.7 Å².